The third-order valence-corrected chi connectivity index (χ3v) is 13.0. The first-order valence-corrected chi connectivity index (χ1v) is 19.0. The Labute approximate surface area is 305 Å². The van der Waals surface area contributed by atoms with Crippen molar-refractivity contribution in [3.05, 3.63) is 158 Å². The lowest BCUT2D eigenvalue weighted by molar-refractivity contribution is 1.08. The topological polar surface area (TPSA) is 35.6 Å². The summed E-state index contributed by atoms with van der Waals surface area (Å²) in [5, 5.41) is 10.2. The molecule has 6 aromatic heterocycles. The highest BCUT2D eigenvalue weighted by Crippen LogP contribution is 2.45. The Morgan fingerprint density at radius 1 is 0.404 bits per heavy atom. The van der Waals surface area contributed by atoms with Gasteiger partial charge in [0, 0.05) is 79.8 Å². The van der Waals surface area contributed by atoms with Crippen LogP contribution in [0, 0.1) is 0 Å². The zero-order chi connectivity index (χ0) is 33.9. The number of thiophene rings is 2. The first-order chi connectivity index (χ1) is 25.8. The van der Waals surface area contributed by atoms with Crippen molar-refractivity contribution in [2.45, 2.75) is 0 Å². The lowest BCUT2D eigenvalue weighted by Gasteiger charge is -2.09. The molecule has 0 spiro atoms. The Bertz CT molecular complexity index is 3400. The Balaban J connectivity index is 1.05. The van der Waals surface area contributed by atoms with E-state index >= 15 is 0 Å². The molecule has 0 N–H and O–H groups in total. The van der Waals surface area contributed by atoms with Gasteiger partial charge in [0.25, 0.3) is 0 Å². The lowest BCUT2D eigenvalue weighted by atomic mass is 10.0. The summed E-state index contributed by atoms with van der Waals surface area (Å²) in [7, 11) is 0. The van der Waals surface area contributed by atoms with Gasteiger partial charge < -0.3 is 0 Å². The number of fused-ring (bicyclic) bond motifs is 14. The molecular formula is C46H26N4S2. The second-order valence-corrected chi connectivity index (χ2v) is 15.5. The molecule has 0 radical (unpaired) electrons. The monoisotopic (exact) mass is 698 g/mol. The molecule has 6 aromatic carbocycles. The molecule has 0 amide bonds. The van der Waals surface area contributed by atoms with Crippen LogP contribution >= 0.6 is 22.7 Å². The highest BCUT2D eigenvalue weighted by molar-refractivity contribution is 7.27. The van der Waals surface area contributed by atoms with Crippen molar-refractivity contribution in [3.63, 3.8) is 0 Å². The molecule has 0 saturated heterocycles. The summed E-state index contributed by atoms with van der Waals surface area (Å²) in [4.78, 5) is 9.97. The minimum absolute atomic E-state index is 0.912. The van der Waals surface area contributed by atoms with Gasteiger partial charge in [-0.25, -0.2) is 9.97 Å². The maximum absolute atomic E-state index is 5.14. The molecule has 0 atom stereocenters. The molecule has 0 bridgehead atoms. The third-order valence-electron chi connectivity index (χ3n) is 10.6. The van der Waals surface area contributed by atoms with Gasteiger partial charge in [-0.2, -0.15) is 0 Å². The predicted octanol–water partition coefficient (Wildman–Crippen LogP) is 13.1. The molecule has 0 aliphatic heterocycles. The quantitative estimate of drug-likeness (QED) is 0.184. The summed E-state index contributed by atoms with van der Waals surface area (Å²) in [5.41, 5.74) is 6.90. The summed E-state index contributed by atoms with van der Waals surface area (Å²) in [5.74, 6) is 1.83. The van der Waals surface area contributed by atoms with E-state index in [1.54, 1.807) is 0 Å². The first kappa shape index (κ1) is 28.4. The average Bonchev–Trinajstić information content (AvgIpc) is 3.95. The van der Waals surface area contributed by atoms with E-state index in [-0.39, 0.29) is 0 Å². The van der Waals surface area contributed by atoms with E-state index in [2.05, 4.69) is 149 Å². The smallest absolute Gasteiger partial charge is 0.137 e. The number of hydrogen-bond donors (Lipinski definition) is 0. The van der Waals surface area contributed by atoms with Crippen molar-refractivity contribution in [2.24, 2.45) is 0 Å². The number of para-hydroxylation sites is 1. The van der Waals surface area contributed by atoms with Crippen molar-refractivity contribution in [3.8, 4) is 22.8 Å². The Hall–Kier alpha value is -6.34. The van der Waals surface area contributed by atoms with E-state index in [0.717, 1.165) is 28.3 Å². The van der Waals surface area contributed by atoms with Crippen LogP contribution in [-0.2, 0) is 0 Å². The van der Waals surface area contributed by atoms with E-state index in [4.69, 9.17) is 9.97 Å². The van der Waals surface area contributed by atoms with E-state index < -0.39 is 0 Å². The fourth-order valence-electron chi connectivity index (χ4n) is 8.39. The van der Waals surface area contributed by atoms with Crippen molar-refractivity contribution >= 4 is 107 Å². The normalized spacial score (nSPS) is 12.2. The summed E-state index contributed by atoms with van der Waals surface area (Å²) >= 11 is 3.73. The van der Waals surface area contributed by atoms with Gasteiger partial charge >= 0.3 is 0 Å². The zero-order valence-corrected chi connectivity index (χ0v) is 29.2. The van der Waals surface area contributed by atoms with Crippen LogP contribution in [0.3, 0.4) is 0 Å². The number of rotatable bonds is 3. The number of aromatic nitrogens is 4. The van der Waals surface area contributed by atoms with E-state index in [9.17, 15) is 0 Å². The van der Waals surface area contributed by atoms with Gasteiger partial charge in [0.2, 0.25) is 0 Å². The first-order valence-electron chi connectivity index (χ1n) is 17.4. The fourth-order valence-corrected chi connectivity index (χ4v) is 10.8. The summed E-state index contributed by atoms with van der Waals surface area (Å²) in [6, 6.07) is 52.6. The number of hydrogen-bond acceptors (Lipinski definition) is 4. The van der Waals surface area contributed by atoms with E-state index in [1.165, 1.54) is 78.4 Å². The molecule has 4 nitrogen and oxygen atoms in total. The summed E-state index contributed by atoms with van der Waals surface area (Å²) in [6.07, 6.45) is 3.90. The number of pyridine rings is 2. The van der Waals surface area contributed by atoms with Crippen LogP contribution in [0.1, 0.15) is 0 Å². The molecule has 0 unspecified atom stereocenters. The molecule has 52 heavy (non-hydrogen) atoms. The predicted molar refractivity (Wildman–Crippen MR) is 222 cm³/mol. The summed E-state index contributed by atoms with van der Waals surface area (Å²) < 4.78 is 9.89. The van der Waals surface area contributed by atoms with Crippen LogP contribution < -0.4 is 0 Å². The van der Waals surface area contributed by atoms with Crippen molar-refractivity contribution in [2.75, 3.05) is 0 Å². The second-order valence-electron chi connectivity index (χ2n) is 13.4. The Kier molecular flexibility index (Phi) is 5.78. The zero-order valence-electron chi connectivity index (χ0n) is 27.6. The molecule has 6 heteroatoms. The standard InChI is InChI=1S/C46H26N4S2/c1-4-12-35-32(10-1)43-37(21-18-31-29-9-2-5-13-38(29)52-46(31)43)49(35)42-23-17-28(26-48-42)27-16-20-36-34(25-27)30-19-22-40-44(33-11-3-6-14-39(33)51-40)45(30)50(36)41-15-7-8-24-47-41/h1-26H. The van der Waals surface area contributed by atoms with Gasteiger partial charge in [0.1, 0.15) is 11.6 Å². The van der Waals surface area contributed by atoms with Gasteiger partial charge in [0.15, 0.2) is 0 Å². The Morgan fingerprint density at radius 2 is 1.12 bits per heavy atom. The van der Waals surface area contributed by atoms with E-state index in [0.29, 0.717) is 0 Å². The SMILES string of the molecule is c1ccc(-n2c3ccc(-c4ccc(-n5c6ccccc6c6c7sc8ccccc8c7ccc65)nc4)cc3c3ccc4sc5ccccc5c4c32)nc1. The second kappa shape index (κ2) is 10.6. The van der Waals surface area contributed by atoms with Gasteiger partial charge in [-0.05, 0) is 72.3 Å². The lowest BCUT2D eigenvalue weighted by Crippen LogP contribution is -1.97. The number of benzene rings is 6. The maximum atomic E-state index is 5.14. The van der Waals surface area contributed by atoms with Crippen molar-refractivity contribution < 1.29 is 0 Å². The summed E-state index contributed by atoms with van der Waals surface area (Å²) in [6.45, 7) is 0. The highest BCUT2D eigenvalue weighted by Gasteiger charge is 2.20. The van der Waals surface area contributed by atoms with Gasteiger partial charge in [0.05, 0.1) is 22.1 Å². The van der Waals surface area contributed by atoms with Crippen molar-refractivity contribution in [1.82, 2.24) is 19.1 Å². The highest BCUT2D eigenvalue weighted by atomic mass is 32.1. The molecule has 0 fully saturated rings. The minimum atomic E-state index is 0.912. The van der Waals surface area contributed by atoms with Crippen LogP contribution in [0.4, 0.5) is 0 Å². The van der Waals surface area contributed by atoms with Crippen LogP contribution in [0.25, 0.3) is 107 Å². The van der Waals surface area contributed by atoms with Gasteiger partial charge in [-0.15, -0.1) is 22.7 Å². The third kappa shape index (κ3) is 3.85. The van der Waals surface area contributed by atoms with Crippen LogP contribution in [0.2, 0.25) is 0 Å². The minimum Gasteiger partial charge on any atom is -0.294 e. The van der Waals surface area contributed by atoms with Crippen molar-refractivity contribution in [1.29, 1.82) is 0 Å². The number of nitrogens with zero attached hydrogens (tertiary/aromatic N) is 4. The van der Waals surface area contributed by atoms with Gasteiger partial charge in [-0.1, -0.05) is 78.9 Å². The largest absolute Gasteiger partial charge is 0.294 e. The maximum Gasteiger partial charge on any atom is 0.137 e. The average molecular weight is 699 g/mol. The van der Waals surface area contributed by atoms with E-state index in [1.807, 2.05) is 41.1 Å². The molecule has 0 aliphatic rings. The van der Waals surface area contributed by atoms with Crippen LogP contribution in [0.15, 0.2) is 158 Å². The molecule has 12 rings (SSSR count). The van der Waals surface area contributed by atoms with Gasteiger partial charge in [-0.3, -0.25) is 9.13 Å². The van der Waals surface area contributed by atoms with Crippen LogP contribution in [0.5, 0.6) is 0 Å². The fraction of sp³-hybridized carbons (Fsp3) is 0. The molecule has 6 heterocycles. The molecule has 0 saturated carbocycles. The Morgan fingerprint density at radius 3 is 1.96 bits per heavy atom. The van der Waals surface area contributed by atoms with Crippen LogP contribution in [-0.4, -0.2) is 19.1 Å². The molecule has 0 aliphatic carbocycles. The molecular weight excluding hydrogens is 673 g/mol. The molecule has 12 aromatic rings. The molecule has 242 valence electrons.